The number of ketones is 4. The van der Waals surface area contributed by atoms with Crippen LogP contribution in [0.2, 0.25) is 20.1 Å². The van der Waals surface area contributed by atoms with E-state index < -0.39 is 11.6 Å². The van der Waals surface area contributed by atoms with Gasteiger partial charge in [0.1, 0.15) is 0 Å². The summed E-state index contributed by atoms with van der Waals surface area (Å²) in [5, 5.41) is 2.27. The first-order valence-corrected chi connectivity index (χ1v) is 16.7. The first kappa shape index (κ1) is 46.6. The second kappa shape index (κ2) is 18.7. The molecule has 0 N–H and O–H groups in total. The topological polar surface area (TPSA) is 94.1 Å². The molecule has 1 radical (unpaired) electrons. The number of Topliss-reactive ketones (excluding diaryl/α,β-unsaturated/α-hetero) is 2. The molecule has 0 amide bonds. The maximum Gasteiger partial charge on any atom is 0.229 e. The van der Waals surface area contributed by atoms with Crippen LogP contribution in [0.4, 0.5) is 0 Å². The number of hydrogen-bond donors (Lipinski definition) is 0. The van der Waals surface area contributed by atoms with Crippen LogP contribution >= 0.6 is 46.4 Å². The van der Waals surface area contributed by atoms with Crippen molar-refractivity contribution in [1.29, 1.82) is 0 Å². The van der Waals surface area contributed by atoms with Crippen LogP contribution < -0.4 is 0 Å². The summed E-state index contributed by atoms with van der Waals surface area (Å²) in [5.41, 5.74) is 2.33. The van der Waals surface area contributed by atoms with E-state index >= 15 is 0 Å². The van der Waals surface area contributed by atoms with Crippen molar-refractivity contribution in [3.8, 4) is 0 Å². The van der Waals surface area contributed by atoms with Gasteiger partial charge in [0.2, 0.25) is 23.1 Å². The van der Waals surface area contributed by atoms with Crippen LogP contribution in [0.15, 0.2) is 83.5 Å². The van der Waals surface area contributed by atoms with Crippen molar-refractivity contribution in [2.24, 2.45) is 21.7 Å². The van der Waals surface area contributed by atoms with Gasteiger partial charge in [0.15, 0.2) is 0 Å². The Balaban J connectivity index is 0.000000653. The average Bonchev–Trinajstić information content (AvgIpc) is 2.90. The third kappa shape index (κ3) is 16.0. The van der Waals surface area contributed by atoms with Crippen LogP contribution in [-0.4, -0.2) is 33.1 Å². The van der Waals surface area contributed by atoms with Gasteiger partial charge in [0.25, 0.3) is 0 Å². The second-order valence-corrected chi connectivity index (χ2v) is 17.1. The molecule has 2 aliphatic rings. The molecule has 0 aliphatic heterocycles. The normalized spacial score (nSPS) is 15.0. The van der Waals surface area contributed by atoms with Crippen molar-refractivity contribution in [1.82, 2.24) is 9.97 Å². The van der Waals surface area contributed by atoms with Gasteiger partial charge in [-0.05, 0) is 57.1 Å². The molecule has 11 heteroatoms. The Morgan fingerprint density at radius 3 is 0.837 bits per heavy atom. The number of allylic oxidation sites excluding steroid dienone is 8. The first-order valence-electron chi connectivity index (χ1n) is 15.2. The minimum absolute atomic E-state index is 0. The van der Waals surface area contributed by atoms with Crippen molar-refractivity contribution in [2.75, 3.05) is 0 Å². The van der Waals surface area contributed by atoms with E-state index in [4.69, 9.17) is 46.4 Å². The molecule has 0 saturated carbocycles. The van der Waals surface area contributed by atoms with Crippen molar-refractivity contribution in [2.45, 2.75) is 83.1 Å². The Labute approximate surface area is 322 Å². The Morgan fingerprint density at radius 1 is 0.429 bits per heavy atom. The predicted molar refractivity (Wildman–Crippen MR) is 199 cm³/mol. The van der Waals surface area contributed by atoms with E-state index in [0.717, 1.165) is 11.1 Å². The zero-order chi connectivity index (χ0) is 37.4. The second-order valence-electron chi connectivity index (χ2n) is 15.3. The Bertz CT molecular complexity index is 1510. The summed E-state index contributed by atoms with van der Waals surface area (Å²) < 4.78 is 0. The largest absolute Gasteiger partial charge is 0.286 e. The van der Waals surface area contributed by atoms with E-state index in [9.17, 15) is 19.2 Å². The molecule has 0 aromatic carbocycles. The van der Waals surface area contributed by atoms with Gasteiger partial charge in [-0.1, -0.05) is 142 Å². The number of aromatic nitrogens is 2. The van der Waals surface area contributed by atoms with Crippen LogP contribution in [0.1, 0.15) is 83.1 Å². The summed E-state index contributed by atoms with van der Waals surface area (Å²) >= 11 is 22.0. The number of carbonyl (C=O) groups is 4. The molecule has 0 bridgehead atoms. The molecule has 2 aliphatic carbocycles. The third-order valence-electron chi connectivity index (χ3n) is 6.80. The summed E-state index contributed by atoms with van der Waals surface area (Å²) in [6, 6.07) is 3.27. The maximum absolute atomic E-state index is 11.8. The van der Waals surface area contributed by atoms with E-state index in [0.29, 0.717) is 31.2 Å². The third-order valence-corrected chi connectivity index (χ3v) is 7.63. The summed E-state index contributed by atoms with van der Waals surface area (Å²) in [6.45, 7) is 24.0. The summed E-state index contributed by atoms with van der Waals surface area (Å²) in [5.74, 6) is -1.50. The van der Waals surface area contributed by atoms with Crippen LogP contribution in [-0.2, 0) is 36.0 Å². The summed E-state index contributed by atoms with van der Waals surface area (Å²) in [6.07, 6.45) is 12.8. The molecule has 49 heavy (non-hydrogen) atoms. The smallest absolute Gasteiger partial charge is 0.229 e. The van der Waals surface area contributed by atoms with Crippen molar-refractivity contribution in [3.63, 3.8) is 0 Å². The van der Waals surface area contributed by atoms with Gasteiger partial charge in [-0.3, -0.25) is 29.1 Å². The fourth-order valence-corrected chi connectivity index (χ4v) is 4.76. The molecule has 2 heterocycles. The van der Waals surface area contributed by atoms with E-state index in [-0.39, 0.29) is 50.0 Å². The molecule has 0 saturated heterocycles. The SMILES string of the molecule is CC(C)(C)C1=CC(=O)C(=O)C(C(C)(C)C)=C1.CC(C)(C)C1=CC(=O)C(=O)C(C(C)(C)C)=C1.Clc1cncc(Cl)c1.Clc1cncc(Cl)c1.[Co]. The van der Waals surface area contributed by atoms with Crippen LogP contribution in [0.3, 0.4) is 0 Å². The van der Waals surface area contributed by atoms with Crippen molar-refractivity contribution in [3.05, 3.63) is 104 Å². The molecular formula is C38H46Cl4CoN2O4. The van der Waals surface area contributed by atoms with Gasteiger partial charge in [-0.25, -0.2) is 0 Å². The molecule has 0 unspecified atom stereocenters. The van der Waals surface area contributed by atoms with Crippen molar-refractivity contribution < 1.29 is 36.0 Å². The Hall–Kier alpha value is -2.39. The first-order chi connectivity index (χ1) is 21.6. The fraction of sp³-hybridized carbons (Fsp3) is 0.421. The monoisotopic (exact) mass is 793 g/mol. The number of pyridine rings is 2. The Morgan fingerprint density at radius 2 is 0.673 bits per heavy atom. The van der Waals surface area contributed by atoms with Gasteiger partial charge in [-0.2, -0.15) is 0 Å². The van der Waals surface area contributed by atoms with Gasteiger partial charge in [0, 0.05) is 52.7 Å². The number of carbonyl (C=O) groups excluding carboxylic acids is 4. The zero-order valence-electron chi connectivity index (χ0n) is 30.1. The quantitative estimate of drug-likeness (QED) is 0.195. The number of nitrogens with zero attached hydrogens (tertiary/aromatic N) is 2. The van der Waals surface area contributed by atoms with Gasteiger partial charge < -0.3 is 0 Å². The summed E-state index contributed by atoms with van der Waals surface area (Å²) in [7, 11) is 0. The molecule has 0 atom stereocenters. The van der Waals surface area contributed by atoms with Gasteiger partial charge >= 0.3 is 0 Å². The van der Waals surface area contributed by atoms with E-state index in [1.807, 2.05) is 95.2 Å². The molecule has 0 fully saturated rings. The zero-order valence-corrected chi connectivity index (χ0v) is 34.2. The number of halogens is 4. The standard InChI is InChI=1S/2C14H20O2.2C5H3Cl2N.Co/c2*1-13(2,3)9-7-10(14(4,5)6)12(16)11(15)8-9;2*6-4-1-5(7)3-8-2-4;/h2*7-8H,1-6H3;2*1-3H;. The van der Waals surface area contributed by atoms with E-state index in [1.54, 1.807) is 12.1 Å². The molecule has 6 nitrogen and oxygen atoms in total. The van der Waals surface area contributed by atoms with E-state index in [1.165, 1.54) is 36.9 Å². The van der Waals surface area contributed by atoms with Crippen LogP contribution in [0, 0.1) is 21.7 Å². The molecule has 2 aromatic heterocycles. The number of rotatable bonds is 0. The van der Waals surface area contributed by atoms with Gasteiger partial charge in [0.05, 0.1) is 20.1 Å². The van der Waals surface area contributed by atoms with Gasteiger partial charge in [-0.15, -0.1) is 0 Å². The number of hydrogen-bond acceptors (Lipinski definition) is 6. The maximum atomic E-state index is 11.8. The average molecular weight is 796 g/mol. The Kier molecular flexibility index (Phi) is 17.8. The summed E-state index contributed by atoms with van der Waals surface area (Å²) in [4.78, 5) is 54.3. The van der Waals surface area contributed by atoms with Crippen LogP contribution in [0.5, 0.6) is 0 Å². The molecule has 269 valence electrons. The molecule has 4 rings (SSSR count). The molecule has 0 spiro atoms. The van der Waals surface area contributed by atoms with Crippen LogP contribution in [0.25, 0.3) is 0 Å². The molecule has 2 aromatic rings. The predicted octanol–water partition coefficient (Wildman–Crippen LogP) is 10.9. The van der Waals surface area contributed by atoms with E-state index in [2.05, 4.69) is 9.97 Å². The minimum Gasteiger partial charge on any atom is -0.286 e. The minimum atomic E-state index is -0.391. The molecular weight excluding hydrogens is 749 g/mol. The van der Waals surface area contributed by atoms with Crippen molar-refractivity contribution >= 4 is 69.5 Å². The fourth-order valence-electron chi connectivity index (χ4n) is 3.96.